The lowest BCUT2D eigenvalue weighted by molar-refractivity contribution is -0.137. The summed E-state index contributed by atoms with van der Waals surface area (Å²) in [5.74, 6) is -0.0718. The number of hydrogen-bond acceptors (Lipinski definition) is 3. The van der Waals surface area contributed by atoms with Crippen molar-refractivity contribution in [3.63, 3.8) is 0 Å². The van der Waals surface area contributed by atoms with Crippen LogP contribution in [-0.4, -0.2) is 17.1 Å². The molecule has 1 fully saturated rings. The van der Waals surface area contributed by atoms with Crippen molar-refractivity contribution in [2.75, 3.05) is 10.6 Å². The van der Waals surface area contributed by atoms with E-state index in [0.717, 1.165) is 29.0 Å². The summed E-state index contributed by atoms with van der Waals surface area (Å²) in [5, 5.41) is 17.2. The van der Waals surface area contributed by atoms with Crippen LogP contribution in [0.3, 0.4) is 0 Å². The number of carboxylic acid groups (broad SMARTS) is 1. The van der Waals surface area contributed by atoms with Gasteiger partial charge in [0.1, 0.15) is 0 Å². The number of aliphatic carboxylic acids is 1. The van der Waals surface area contributed by atoms with E-state index in [9.17, 15) is 9.90 Å². The molecule has 0 aromatic heterocycles. The second-order valence-corrected chi connectivity index (χ2v) is 8.91. The maximum absolute atomic E-state index is 11.3. The van der Waals surface area contributed by atoms with Crippen molar-refractivity contribution in [1.82, 2.24) is 0 Å². The molecule has 2 aromatic rings. The van der Waals surface area contributed by atoms with Crippen LogP contribution < -0.4 is 10.6 Å². The predicted octanol–water partition coefficient (Wildman–Crippen LogP) is 7.43. The molecule has 0 heterocycles. The Hall–Kier alpha value is -2.20. The highest BCUT2D eigenvalue weighted by Gasteiger charge is 2.21. The second-order valence-electron chi connectivity index (χ2n) is 8.47. The Morgan fingerprint density at radius 2 is 1.80 bits per heavy atom. The second kappa shape index (κ2) is 10.7. The number of carbonyl (C=O) groups is 1. The summed E-state index contributed by atoms with van der Waals surface area (Å²) in [5.41, 5.74) is 4.03. The number of hydrogen-bond donors (Lipinski definition) is 3. The summed E-state index contributed by atoms with van der Waals surface area (Å²) >= 11 is 6.04. The average molecular weight is 429 g/mol. The fourth-order valence-corrected chi connectivity index (χ4v) is 4.57. The molecule has 162 valence electrons. The Labute approximate surface area is 185 Å². The van der Waals surface area contributed by atoms with Crippen molar-refractivity contribution in [2.24, 2.45) is 5.92 Å². The summed E-state index contributed by atoms with van der Waals surface area (Å²) in [6.07, 6.45) is 7.48. The van der Waals surface area contributed by atoms with Gasteiger partial charge in [0.15, 0.2) is 0 Å². The van der Waals surface area contributed by atoms with Gasteiger partial charge in [-0.1, -0.05) is 43.9 Å². The first-order valence-corrected chi connectivity index (χ1v) is 11.5. The fourth-order valence-electron chi connectivity index (χ4n) is 4.44. The van der Waals surface area contributed by atoms with Gasteiger partial charge in [-0.2, -0.15) is 0 Å². The standard InChI is InChI=1S/C25H33ClN2O2/c1-3-18(16-25(29)30)20-9-14-23(27-17(2)19-7-5-4-6-8-19)24(15-20)28-22-12-10-21(26)11-13-22/h9-15,17-19,27-28H,3-8,16H2,1-2H3,(H,29,30)/t17-,18?/m1/s1. The molecule has 5 heteroatoms. The van der Waals surface area contributed by atoms with Crippen molar-refractivity contribution in [3.8, 4) is 0 Å². The van der Waals surface area contributed by atoms with Crippen LogP contribution in [0, 0.1) is 5.92 Å². The van der Waals surface area contributed by atoms with Crippen LogP contribution in [0.25, 0.3) is 0 Å². The Kier molecular flexibility index (Phi) is 8.03. The van der Waals surface area contributed by atoms with E-state index in [2.05, 4.69) is 35.8 Å². The molecule has 1 saturated carbocycles. The van der Waals surface area contributed by atoms with E-state index >= 15 is 0 Å². The monoisotopic (exact) mass is 428 g/mol. The Bertz CT molecular complexity index is 832. The summed E-state index contributed by atoms with van der Waals surface area (Å²) in [4.78, 5) is 11.3. The Morgan fingerprint density at radius 3 is 2.43 bits per heavy atom. The molecule has 3 N–H and O–H groups in total. The molecule has 2 atom stereocenters. The van der Waals surface area contributed by atoms with Crippen LogP contribution >= 0.6 is 11.6 Å². The third-order valence-corrected chi connectivity index (χ3v) is 6.54. The lowest BCUT2D eigenvalue weighted by Crippen LogP contribution is -2.28. The normalized spacial score (nSPS) is 16.6. The molecule has 0 saturated heterocycles. The Balaban J connectivity index is 1.87. The molecule has 30 heavy (non-hydrogen) atoms. The number of anilines is 3. The van der Waals surface area contributed by atoms with Crippen LogP contribution in [0.5, 0.6) is 0 Å². The van der Waals surface area contributed by atoms with Crippen molar-refractivity contribution >= 4 is 34.6 Å². The lowest BCUT2D eigenvalue weighted by Gasteiger charge is -2.30. The number of benzene rings is 2. The highest BCUT2D eigenvalue weighted by Crippen LogP contribution is 2.35. The molecule has 1 aliphatic carbocycles. The molecule has 4 nitrogen and oxygen atoms in total. The predicted molar refractivity (Wildman–Crippen MR) is 126 cm³/mol. The zero-order valence-electron chi connectivity index (χ0n) is 18.0. The van der Waals surface area contributed by atoms with Gasteiger partial charge in [0.05, 0.1) is 17.8 Å². The summed E-state index contributed by atoms with van der Waals surface area (Å²) < 4.78 is 0. The minimum atomic E-state index is -0.762. The van der Waals surface area contributed by atoms with Gasteiger partial charge in [-0.3, -0.25) is 4.79 Å². The fraction of sp³-hybridized carbons (Fsp3) is 0.480. The van der Waals surface area contributed by atoms with Crippen LogP contribution in [0.1, 0.15) is 70.3 Å². The number of nitrogens with one attached hydrogen (secondary N) is 2. The van der Waals surface area contributed by atoms with E-state index in [1.165, 1.54) is 32.1 Å². The van der Waals surface area contributed by atoms with Gasteiger partial charge >= 0.3 is 5.97 Å². The third-order valence-electron chi connectivity index (χ3n) is 6.29. The van der Waals surface area contributed by atoms with E-state index in [1.54, 1.807) is 0 Å². The minimum absolute atomic E-state index is 0.00177. The highest BCUT2D eigenvalue weighted by molar-refractivity contribution is 6.30. The quantitative estimate of drug-likeness (QED) is 0.388. The molecular weight excluding hydrogens is 396 g/mol. The van der Waals surface area contributed by atoms with Crippen molar-refractivity contribution in [1.29, 1.82) is 0 Å². The van der Waals surface area contributed by atoms with Gasteiger partial charge in [0, 0.05) is 16.8 Å². The first-order valence-electron chi connectivity index (χ1n) is 11.1. The third kappa shape index (κ3) is 6.15. The van der Waals surface area contributed by atoms with E-state index in [1.807, 2.05) is 31.2 Å². The van der Waals surface area contributed by atoms with Crippen molar-refractivity contribution in [2.45, 2.75) is 70.8 Å². The van der Waals surface area contributed by atoms with Crippen LogP contribution in [0.15, 0.2) is 42.5 Å². The first-order chi connectivity index (χ1) is 14.5. The van der Waals surface area contributed by atoms with Gasteiger partial charge in [-0.25, -0.2) is 0 Å². The molecular formula is C25H33ClN2O2. The van der Waals surface area contributed by atoms with Gasteiger partial charge in [0.25, 0.3) is 0 Å². The average Bonchev–Trinajstić information content (AvgIpc) is 2.75. The molecule has 0 radical (unpaired) electrons. The van der Waals surface area contributed by atoms with E-state index in [4.69, 9.17) is 11.6 Å². The Morgan fingerprint density at radius 1 is 1.10 bits per heavy atom. The molecule has 3 rings (SSSR count). The summed E-state index contributed by atoms with van der Waals surface area (Å²) in [6, 6.07) is 14.3. The van der Waals surface area contributed by atoms with E-state index in [-0.39, 0.29) is 12.3 Å². The minimum Gasteiger partial charge on any atom is -0.481 e. The zero-order chi connectivity index (χ0) is 21.5. The molecule has 1 aliphatic rings. The number of halogens is 1. The van der Waals surface area contributed by atoms with Crippen molar-refractivity contribution in [3.05, 3.63) is 53.1 Å². The van der Waals surface area contributed by atoms with Crippen molar-refractivity contribution < 1.29 is 9.90 Å². The maximum atomic E-state index is 11.3. The highest BCUT2D eigenvalue weighted by atomic mass is 35.5. The molecule has 0 amide bonds. The molecule has 2 aromatic carbocycles. The zero-order valence-corrected chi connectivity index (χ0v) is 18.7. The van der Waals surface area contributed by atoms with Crippen LogP contribution in [0.2, 0.25) is 5.02 Å². The van der Waals surface area contributed by atoms with Crippen LogP contribution in [0.4, 0.5) is 17.1 Å². The SMILES string of the molecule is CCC(CC(=O)O)c1ccc(N[C@H](C)C2CCCCC2)c(Nc2ccc(Cl)cc2)c1. The topological polar surface area (TPSA) is 61.4 Å². The molecule has 1 unspecified atom stereocenters. The molecule has 0 spiro atoms. The first kappa shape index (κ1) is 22.5. The van der Waals surface area contributed by atoms with Gasteiger partial charge in [0.2, 0.25) is 0 Å². The molecule has 0 bridgehead atoms. The van der Waals surface area contributed by atoms with Gasteiger partial charge < -0.3 is 15.7 Å². The van der Waals surface area contributed by atoms with Gasteiger partial charge in [-0.15, -0.1) is 0 Å². The maximum Gasteiger partial charge on any atom is 0.303 e. The number of rotatable bonds is 9. The smallest absolute Gasteiger partial charge is 0.303 e. The summed E-state index contributed by atoms with van der Waals surface area (Å²) in [7, 11) is 0. The van der Waals surface area contributed by atoms with Crippen LogP contribution in [-0.2, 0) is 4.79 Å². The lowest BCUT2D eigenvalue weighted by atomic mass is 9.84. The van der Waals surface area contributed by atoms with E-state index in [0.29, 0.717) is 17.0 Å². The molecule has 0 aliphatic heterocycles. The summed E-state index contributed by atoms with van der Waals surface area (Å²) in [6.45, 7) is 4.31. The largest absolute Gasteiger partial charge is 0.481 e. The van der Waals surface area contributed by atoms with E-state index < -0.39 is 5.97 Å². The van der Waals surface area contributed by atoms with Gasteiger partial charge in [-0.05, 0) is 80.0 Å². The number of carboxylic acids is 1.